The van der Waals surface area contributed by atoms with Crippen LogP contribution in [0.5, 0.6) is 5.75 Å². The number of nitriles is 1. The Balaban J connectivity index is 2.90. The third-order valence-corrected chi connectivity index (χ3v) is 1.60. The van der Waals surface area contributed by atoms with E-state index in [-0.39, 0.29) is 18.9 Å². The first-order chi connectivity index (χ1) is 7.15. The molecule has 0 spiro atoms. The van der Waals surface area contributed by atoms with E-state index < -0.39 is 11.5 Å². The number of hydrogen-bond acceptors (Lipinski definition) is 4. The van der Waals surface area contributed by atoms with Crippen molar-refractivity contribution in [2.75, 3.05) is 6.61 Å². The third kappa shape index (κ3) is 2.84. The number of rotatable bonds is 4. The van der Waals surface area contributed by atoms with E-state index in [1.807, 2.05) is 6.07 Å². The first-order valence-electron chi connectivity index (χ1n) is 4.12. The van der Waals surface area contributed by atoms with Crippen molar-refractivity contribution in [1.29, 1.82) is 5.26 Å². The van der Waals surface area contributed by atoms with E-state index in [2.05, 4.69) is 0 Å². The van der Waals surface area contributed by atoms with Crippen molar-refractivity contribution in [3.8, 4) is 11.8 Å². The molecular formula is C9H9N3O3. The first-order valence-corrected chi connectivity index (χ1v) is 4.12. The number of carbonyl (C=O) groups is 1. The molecular weight excluding hydrogens is 198 g/mol. The van der Waals surface area contributed by atoms with Crippen LogP contribution < -0.4 is 16.0 Å². The average Bonchev–Trinajstić information content (AvgIpc) is 2.19. The van der Waals surface area contributed by atoms with Gasteiger partial charge in [0.05, 0.1) is 6.07 Å². The van der Waals surface area contributed by atoms with Crippen LogP contribution in [-0.2, 0) is 11.3 Å². The molecule has 0 saturated carbocycles. The van der Waals surface area contributed by atoms with E-state index >= 15 is 0 Å². The Labute approximate surface area is 85.5 Å². The van der Waals surface area contributed by atoms with E-state index in [1.165, 1.54) is 16.8 Å². The van der Waals surface area contributed by atoms with Gasteiger partial charge in [0.25, 0.3) is 11.5 Å². The number of aromatic nitrogens is 1. The molecule has 0 aromatic carbocycles. The molecule has 0 bridgehead atoms. The van der Waals surface area contributed by atoms with E-state index in [1.54, 1.807) is 6.07 Å². The van der Waals surface area contributed by atoms with Crippen LogP contribution in [0.4, 0.5) is 0 Å². The highest BCUT2D eigenvalue weighted by molar-refractivity contribution is 5.75. The zero-order valence-corrected chi connectivity index (χ0v) is 7.84. The van der Waals surface area contributed by atoms with Crippen molar-refractivity contribution in [1.82, 2.24) is 4.57 Å². The van der Waals surface area contributed by atoms with Gasteiger partial charge >= 0.3 is 0 Å². The maximum Gasteiger partial charge on any atom is 0.293 e. The Hall–Kier alpha value is -2.29. The fraction of sp³-hybridized carbons (Fsp3) is 0.222. The Morgan fingerprint density at radius 1 is 1.67 bits per heavy atom. The lowest BCUT2D eigenvalue weighted by atomic mass is 10.4. The highest BCUT2D eigenvalue weighted by Crippen LogP contribution is 2.01. The second-order valence-electron chi connectivity index (χ2n) is 2.72. The van der Waals surface area contributed by atoms with Gasteiger partial charge in [-0.25, -0.2) is 0 Å². The molecule has 78 valence electrons. The van der Waals surface area contributed by atoms with Crippen LogP contribution in [0.1, 0.15) is 0 Å². The summed E-state index contributed by atoms with van der Waals surface area (Å²) in [6.07, 6.45) is 1.46. The molecule has 0 radical (unpaired) electrons. The molecule has 1 aromatic heterocycles. The largest absolute Gasteiger partial charge is 0.478 e. The quantitative estimate of drug-likeness (QED) is 0.701. The van der Waals surface area contributed by atoms with Gasteiger partial charge in [-0.2, -0.15) is 5.26 Å². The van der Waals surface area contributed by atoms with Crippen LogP contribution in [0, 0.1) is 11.3 Å². The van der Waals surface area contributed by atoms with Crippen LogP contribution in [0.25, 0.3) is 0 Å². The zero-order chi connectivity index (χ0) is 11.3. The van der Waals surface area contributed by atoms with Gasteiger partial charge in [-0.3, -0.25) is 14.2 Å². The van der Waals surface area contributed by atoms with Crippen molar-refractivity contribution < 1.29 is 9.53 Å². The molecule has 1 heterocycles. The first kappa shape index (κ1) is 10.8. The van der Waals surface area contributed by atoms with E-state index in [9.17, 15) is 9.59 Å². The molecule has 0 aliphatic carbocycles. The summed E-state index contributed by atoms with van der Waals surface area (Å²) in [6.45, 7) is -0.418. The fourth-order valence-electron chi connectivity index (χ4n) is 0.974. The number of pyridine rings is 1. The highest BCUT2D eigenvalue weighted by atomic mass is 16.5. The minimum absolute atomic E-state index is 0.00606. The molecule has 0 atom stereocenters. The molecule has 1 aromatic rings. The SMILES string of the molecule is N#CCn1cccc(OCC(N)=O)c1=O. The monoisotopic (exact) mass is 207 g/mol. The molecule has 1 rings (SSSR count). The summed E-state index contributed by atoms with van der Waals surface area (Å²) in [5, 5.41) is 8.43. The van der Waals surface area contributed by atoms with Gasteiger partial charge in [0.2, 0.25) is 0 Å². The molecule has 1 amide bonds. The minimum atomic E-state index is -0.662. The lowest BCUT2D eigenvalue weighted by molar-refractivity contribution is -0.119. The van der Waals surface area contributed by atoms with Gasteiger partial charge < -0.3 is 10.5 Å². The van der Waals surface area contributed by atoms with Crippen molar-refractivity contribution in [3.63, 3.8) is 0 Å². The molecule has 6 nitrogen and oxygen atoms in total. The van der Waals surface area contributed by atoms with Crippen LogP contribution >= 0.6 is 0 Å². The van der Waals surface area contributed by atoms with Crippen LogP contribution in [0.15, 0.2) is 23.1 Å². The lowest BCUT2D eigenvalue weighted by Crippen LogP contribution is -2.25. The number of ether oxygens (including phenoxy) is 1. The summed E-state index contributed by atoms with van der Waals surface area (Å²) in [6, 6.07) is 4.80. The zero-order valence-electron chi connectivity index (χ0n) is 7.84. The van der Waals surface area contributed by atoms with Crippen molar-refractivity contribution in [2.45, 2.75) is 6.54 Å². The summed E-state index contributed by atoms with van der Waals surface area (Å²) in [5.41, 5.74) is 4.40. The fourth-order valence-corrected chi connectivity index (χ4v) is 0.974. The van der Waals surface area contributed by atoms with Gasteiger partial charge in [0, 0.05) is 6.20 Å². The number of nitrogens with zero attached hydrogens (tertiary/aromatic N) is 2. The van der Waals surface area contributed by atoms with Gasteiger partial charge in [0.15, 0.2) is 12.4 Å². The normalized spacial score (nSPS) is 9.27. The smallest absolute Gasteiger partial charge is 0.293 e. The van der Waals surface area contributed by atoms with Crippen molar-refractivity contribution in [3.05, 3.63) is 28.7 Å². The summed E-state index contributed by atoms with van der Waals surface area (Å²) in [5.74, 6) is -0.656. The molecule has 0 aliphatic heterocycles. The number of primary amides is 1. The third-order valence-electron chi connectivity index (χ3n) is 1.60. The summed E-state index contributed by atoms with van der Waals surface area (Å²) >= 11 is 0. The standard InChI is InChI=1S/C9H9N3O3/c10-3-5-12-4-1-2-7(9(12)14)15-6-8(11)13/h1-2,4H,5-6H2,(H2,11,13). The molecule has 0 aliphatic rings. The maximum atomic E-state index is 11.5. The van der Waals surface area contributed by atoms with Gasteiger partial charge in [-0.05, 0) is 12.1 Å². The second-order valence-corrected chi connectivity index (χ2v) is 2.72. The summed E-state index contributed by atoms with van der Waals surface area (Å²) in [7, 11) is 0. The second kappa shape index (κ2) is 4.81. The topological polar surface area (TPSA) is 98.1 Å². The van der Waals surface area contributed by atoms with Crippen LogP contribution in [0.2, 0.25) is 0 Å². The number of carbonyl (C=O) groups excluding carboxylic acids is 1. The number of amides is 1. The Bertz CT molecular complexity index is 458. The molecule has 6 heteroatoms. The van der Waals surface area contributed by atoms with Crippen molar-refractivity contribution >= 4 is 5.91 Å². The molecule has 0 fully saturated rings. The van der Waals surface area contributed by atoms with E-state index in [0.717, 1.165) is 0 Å². The van der Waals surface area contributed by atoms with Crippen molar-refractivity contribution in [2.24, 2.45) is 5.73 Å². The highest BCUT2D eigenvalue weighted by Gasteiger charge is 2.04. The molecule has 0 saturated heterocycles. The average molecular weight is 207 g/mol. The Morgan fingerprint density at radius 3 is 3.00 bits per heavy atom. The van der Waals surface area contributed by atoms with Gasteiger partial charge in [0.1, 0.15) is 6.54 Å². The van der Waals surface area contributed by atoms with Crippen LogP contribution in [-0.4, -0.2) is 17.1 Å². The van der Waals surface area contributed by atoms with E-state index in [0.29, 0.717) is 0 Å². The van der Waals surface area contributed by atoms with Crippen LogP contribution in [0.3, 0.4) is 0 Å². The van der Waals surface area contributed by atoms with Gasteiger partial charge in [-0.1, -0.05) is 0 Å². The maximum absolute atomic E-state index is 11.5. The molecule has 0 unspecified atom stereocenters. The number of hydrogen-bond donors (Lipinski definition) is 1. The van der Waals surface area contributed by atoms with Gasteiger partial charge in [-0.15, -0.1) is 0 Å². The lowest BCUT2D eigenvalue weighted by Gasteiger charge is -2.04. The number of nitrogens with two attached hydrogens (primary N) is 1. The predicted octanol–water partition coefficient (Wildman–Crippen LogP) is -0.764. The Kier molecular flexibility index (Phi) is 3.46. The summed E-state index contributed by atoms with van der Waals surface area (Å²) < 4.78 is 6.04. The Morgan fingerprint density at radius 2 is 2.40 bits per heavy atom. The minimum Gasteiger partial charge on any atom is -0.478 e. The summed E-state index contributed by atoms with van der Waals surface area (Å²) in [4.78, 5) is 21.9. The molecule has 2 N–H and O–H groups in total. The predicted molar refractivity (Wildman–Crippen MR) is 51.0 cm³/mol. The van der Waals surface area contributed by atoms with E-state index in [4.69, 9.17) is 15.7 Å². The molecule has 15 heavy (non-hydrogen) atoms.